The SMILES string of the molecule is NCCCSC(CO)CCNCCO. The Kier molecular flexibility index (Phi) is 11.4. The van der Waals surface area contributed by atoms with Gasteiger partial charge in [-0.2, -0.15) is 11.8 Å². The van der Waals surface area contributed by atoms with Crippen LogP contribution in [-0.2, 0) is 0 Å². The average molecular weight is 222 g/mol. The summed E-state index contributed by atoms with van der Waals surface area (Å²) in [7, 11) is 0. The smallest absolute Gasteiger partial charge is 0.0555 e. The predicted molar refractivity (Wildman–Crippen MR) is 61.6 cm³/mol. The molecule has 0 saturated carbocycles. The van der Waals surface area contributed by atoms with Gasteiger partial charge in [0.15, 0.2) is 0 Å². The molecule has 0 radical (unpaired) electrons. The van der Waals surface area contributed by atoms with Crippen LogP contribution in [0.4, 0.5) is 0 Å². The molecule has 1 unspecified atom stereocenters. The summed E-state index contributed by atoms with van der Waals surface area (Å²) in [6.45, 7) is 2.58. The summed E-state index contributed by atoms with van der Waals surface area (Å²) in [6, 6.07) is 0. The van der Waals surface area contributed by atoms with Crippen molar-refractivity contribution < 1.29 is 10.2 Å². The Balaban J connectivity index is 3.28. The van der Waals surface area contributed by atoms with Crippen LogP contribution in [0.15, 0.2) is 0 Å². The number of nitrogens with two attached hydrogens (primary N) is 1. The van der Waals surface area contributed by atoms with Gasteiger partial charge in [0.25, 0.3) is 0 Å². The number of rotatable bonds is 10. The standard InChI is InChI=1S/C9H22N2O2S/c10-3-1-7-14-9(8-13)2-4-11-5-6-12/h9,11-13H,1-8,10H2. The summed E-state index contributed by atoms with van der Waals surface area (Å²) in [4.78, 5) is 0. The second-order valence-corrected chi connectivity index (χ2v) is 4.49. The third-order valence-corrected chi connectivity index (χ3v) is 3.22. The van der Waals surface area contributed by atoms with Crippen LogP contribution >= 0.6 is 11.8 Å². The van der Waals surface area contributed by atoms with E-state index >= 15 is 0 Å². The van der Waals surface area contributed by atoms with E-state index in [-0.39, 0.29) is 13.2 Å². The first kappa shape index (κ1) is 14.2. The van der Waals surface area contributed by atoms with Gasteiger partial charge in [0, 0.05) is 11.8 Å². The Labute approximate surface area is 90.3 Å². The van der Waals surface area contributed by atoms with E-state index in [1.54, 1.807) is 11.8 Å². The highest BCUT2D eigenvalue weighted by Gasteiger charge is 2.06. The topological polar surface area (TPSA) is 78.5 Å². The molecule has 14 heavy (non-hydrogen) atoms. The number of hydrogen-bond donors (Lipinski definition) is 4. The minimum Gasteiger partial charge on any atom is -0.395 e. The van der Waals surface area contributed by atoms with Crippen LogP contribution in [0.1, 0.15) is 12.8 Å². The number of hydrogen-bond acceptors (Lipinski definition) is 5. The number of aliphatic hydroxyl groups excluding tert-OH is 2. The molecule has 4 nitrogen and oxygen atoms in total. The molecule has 5 heteroatoms. The van der Waals surface area contributed by atoms with E-state index < -0.39 is 0 Å². The van der Waals surface area contributed by atoms with Crippen LogP contribution in [0.25, 0.3) is 0 Å². The highest BCUT2D eigenvalue weighted by molar-refractivity contribution is 7.99. The fraction of sp³-hybridized carbons (Fsp3) is 1.00. The van der Waals surface area contributed by atoms with E-state index in [2.05, 4.69) is 5.32 Å². The van der Waals surface area contributed by atoms with Gasteiger partial charge in [0.1, 0.15) is 0 Å². The summed E-state index contributed by atoms with van der Waals surface area (Å²) in [5, 5.41) is 21.0. The summed E-state index contributed by atoms with van der Waals surface area (Å²) in [5.74, 6) is 1.02. The normalized spacial score (nSPS) is 13.1. The first-order chi connectivity index (χ1) is 6.85. The molecular weight excluding hydrogens is 200 g/mol. The van der Waals surface area contributed by atoms with E-state index in [9.17, 15) is 0 Å². The van der Waals surface area contributed by atoms with Crippen LogP contribution in [0.3, 0.4) is 0 Å². The molecule has 0 aromatic rings. The lowest BCUT2D eigenvalue weighted by Crippen LogP contribution is -2.24. The van der Waals surface area contributed by atoms with Crippen LogP contribution in [0.5, 0.6) is 0 Å². The molecule has 0 fully saturated rings. The molecule has 0 aliphatic carbocycles. The van der Waals surface area contributed by atoms with Crippen LogP contribution in [0.2, 0.25) is 0 Å². The maximum atomic E-state index is 9.05. The summed E-state index contributed by atoms with van der Waals surface area (Å²) < 4.78 is 0. The van der Waals surface area contributed by atoms with Gasteiger partial charge in [-0.1, -0.05) is 0 Å². The van der Waals surface area contributed by atoms with E-state index in [0.717, 1.165) is 25.1 Å². The molecule has 0 bridgehead atoms. The van der Waals surface area contributed by atoms with Crippen molar-refractivity contribution in [3.63, 3.8) is 0 Å². The molecule has 0 aliphatic rings. The van der Waals surface area contributed by atoms with Crippen molar-refractivity contribution >= 4 is 11.8 Å². The Morgan fingerprint density at radius 1 is 1.29 bits per heavy atom. The molecule has 0 spiro atoms. The fourth-order valence-corrected chi connectivity index (χ4v) is 2.08. The first-order valence-corrected chi connectivity index (χ1v) is 6.14. The van der Waals surface area contributed by atoms with Gasteiger partial charge < -0.3 is 21.3 Å². The van der Waals surface area contributed by atoms with Crippen molar-refractivity contribution in [2.45, 2.75) is 18.1 Å². The molecule has 5 N–H and O–H groups in total. The molecule has 1 atom stereocenters. The Morgan fingerprint density at radius 2 is 2.07 bits per heavy atom. The number of thioether (sulfide) groups is 1. The summed E-state index contributed by atoms with van der Waals surface area (Å²) in [5.41, 5.74) is 5.38. The average Bonchev–Trinajstić information content (AvgIpc) is 2.22. The molecule has 0 rings (SSSR count). The highest BCUT2D eigenvalue weighted by atomic mass is 32.2. The molecule has 0 aliphatic heterocycles. The van der Waals surface area contributed by atoms with Crippen molar-refractivity contribution in [3.8, 4) is 0 Å². The zero-order valence-corrected chi connectivity index (χ0v) is 9.43. The second kappa shape index (κ2) is 11.3. The lowest BCUT2D eigenvalue weighted by Gasteiger charge is -2.13. The van der Waals surface area contributed by atoms with Gasteiger partial charge in [0.05, 0.1) is 13.2 Å². The fourth-order valence-electron chi connectivity index (χ4n) is 1.03. The predicted octanol–water partition coefficient (Wildman–Crippen LogP) is -0.599. The summed E-state index contributed by atoms with van der Waals surface area (Å²) >= 11 is 1.77. The summed E-state index contributed by atoms with van der Waals surface area (Å²) in [6.07, 6.45) is 1.94. The van der Waals surface area contributed by atoms with E-state index in [1.807, 2.05) is 0 Å². The lowest BCUT2D eigenvalue weighted by atomic mass is 10.3. The zero-order chi connectivity index (χ0) is 10.6. The molecule has 0 aromatic carbocycles. The third kappa shape index (κ3) is 8.77. The highest BCUT2D eigenvalue weighted by Crippen LogP contribution is 2.14. The number of nitrogens with one attached hydrogen (secondary N) is 1. The quantitative estimate of drug-likeness (QED) is 0.371. The monoisotopic (exact) mass is 222 g/mol. The second-order valence-electron chi connectivity index (χ2n) is 3.08. The van der Waals surface area contributed by atoms with Gasteiger partial charge in [-0.3, -0.25) is 0 Å². The van der Waals surface area contributed by atoms with Gasteiger partial charge in [0.2, 0.25) is 0 Å². The number of aliphatic hydroxyl groups is 2. The third-order valence-electron chi connectivity index (χ3n) is 1.84. The van der Waals surface area contributed by atoms with Gasteiger partial charge in [-0.25, -0.2) is 0 Å². The Hall–Kier alpha value is 0.190. The van der Waals surface area contributed by atoms with Crippen molar-refractivity contribution in [3.05, 3.63) is 0 Å². The van der Waals surface area contributed by atoms with Crippen molar-refractivity contribution in [2.75, 3.05) is 38.6 Å². The molecule has 0 aromatic heterocycles. The minimum absolute atomic E-state index is 0.171. The van der Waals surface area contributed by atoms with Crippen molar-refractivity contribution in [1.82, 2.24) is 5.32 Å². The van der Waals surface area contributed by atoms with E-state index in [0.29, 0.717) is 18.3 Å². The Morgan fingerprint density at radius 3 is 2.64 bits per heavy atom. The molecule has 0 saturated heterocycles. The Bertz CT molecular complexity index is 117. The largest absolute Gasteiger partial charge is 0.395 e. The zero-order valence-electron chi connectivity index (χ0n) is 8.61. The van der Waals surface area contributed by atoms with E-state index in [1.165, 1.54) is 0 Å². The van der Waals surface area contributed by atoms with Crippen LogP contribution in [0, 0.1) is 0 Å². The molecular formula is C9H22N2O2S. The maximum absolute atomic E-state index is 9.05. The van der Waals surface area contributed by atoms with E-state index in [4.69, 9.17) is 15.9 Å². The van der Waals surface area contributed by atoms with Crippen LogP contribution in [-0.4, -0.2) is 54.1 Å². The van der Waals surface area contributed by atoms with Crippen molar-refractivity contribution in [1.29, 1.82) is 0 Å². The minimum atomic E-state index is 0.171. The van der Waals surface area contributed by atoms with Gasteiger partial charge >= 0.3 is 0 Å². The maximum Gasteiger partial charge on any atom is 0.0555 e. The molecule has 0 heterocycles. The lowest BCUT2D eigenvalue weighted by molar-refractivity contribution is 0.281. The molecule has 0 amide bonds. The van der Waals surface area contributed by atoms with Crippen molar-refractivity contribution in [2.24, 2.45) is 5.73 Å². The first-order valence-electron chi connectivity index (χ1n) is 5.09. The van der Waals surface area contributed by atoms with Gasteiger partial charge in [-0.15, -0.1) is 0 Å². The molecule has 86 valence electrons. The van der Waals surface area contributed by atoms with Crippen LogP contribution < -0.4 is 11.1 Å². The van der Waals surface area contributed by atoms with Gasteiger partial charge in [-0.05, 0) is 31.7 Å².